The zero-order chi connectivity index (χ0) is 26.5. The number of carbonyl (C=O) groups is 2. The van der Waals surface area contributed by atoms with Crippen LogP contribution < -0.4 is 15.8 Å². The predicted octanol–water partition coefficient (Wildman–Crippen LogP) is 1.75. The van der Waals surface area contributed by atoms with Crippen LogP contribution in [0.3, 0.4) is 0 Å². The monoisotopic (exact) mass is 513 g/mol. The highest BCUT2D eigenvalue weighted by atomic mass is 19.1. The van der Waals surface area contributed by atoms with E-state index in [1.807, 2.05) is 0 Å². The van der Waals surface area contributed by atoms with E-state index in [2.05, 4.69) is 10.3 Å². The number of aromatic hydroxyl groups is 1. The van der Waals surface area contributed by atoms with E-state index in [4.69, 9.17) is 4.74 Å². The summed E-state index contributed by atoms with van der Waals surface area (Å²) in [6.45, 7) is 0.695. The number of hydrogen-bond acceptors (Lipinski definition) is 7. The van der Waals surface area contributed by atoms with Gasteiger partial charge in [-0.25, -0.2) is 8.78 Å². The normalized spacial score (nSPS) is 13.0. The summed E-state index contributed by atoms with van der Waals surface area (Å²) in [4.78, 5) is 44.7. The zero-order valence-corrected chi connectivity index (χ0v) is 20.0. The lowest BCUT2D eigenvalue weighted by molar-refractivity contribution is 0.0663. The van der Waals surface area contributed by atoms with Gasteiger partial charge in [-0.3, -0.25) is 29.1 Å². The van der Waals surface area contributed by atoms with Crippen molar-refractivity contribution in [2.75, 3.05) is 31.9 Å². The molecule has 2 aromatic heterocycles. The number of ether oxygens (including phenoxy) is 1. The molecule has 0 bridgehead atoms. The second-order valence-corrected chi connectivity index (χ2v) is 8.37. The van der Waals surface area contributed by atoms with Crippen LogP contribution in [0.1, 0.15) is 38.5 Å². The number of hydrogen-bond donors (Lipinski definition) is 2. The van der Waals surface area contributed by atoms with Gasteiger partial charge in [0.05, 0.1) is 12.2 Å². The van der Waals surface area contributed by atoms with Crippen molar-refractivity contribution in [1.29, 1.82) is 0 Å². The summed E-state index contributed by atoms with van der Waals surface area (Å²) < 4.78 is 33.5. The topological polar surface area (TPSA) is 117 Å². The number of methoxy groups -OCH3 is 1. The van der Waals surface area contributed by atoms with Gasteiger partial charge in [-0.05, 0) is 24.6 Å². The Bertz CT molecular complexity index is 1370. The Hall–Kier alpha value is -4.32. The highest BCUT2D eigenvalue weighted by Crippen LogP contribution is 2.22. The Morgan fingerprint density at radius 1 is 1.22 bits per heavy atom. The molecule has 10 nitrogen and oxygen atoms in total. The lowest BCUT2D eigenvalue weighted by Gasteiger charge is -2.39. The second kappa shape index (κ2) is 11.2. The highest BCUT2D eigenvalue weighted by molar-refractivity contribution is 5.99. The maximum Gasteiger partial charge on any atom is 0.277 e. The largest absolute Gasteiger partial charge is 0.502 e. The van der Waals surface area contributed by atoms with Gasteiger partial charge in [0.15, 0.2) is 11.4 Å². The van der Waals surface area contributed by atoms with Gasteiger partial charge in [-0.15, -0.1) is 0 Å². The molecule has 0 fully saturated rings. The van der Waals surface area contributed by atoms with Crippen LogP contribution in [0.4, 0.5) is 8.78 Å². The van der Waals surface area contributed by atoms with E-state index in [0.29, 0.717) is 31.3 Å². The quantitative estimate of drug-likeness (QED) is 0.419. The molecule has 3 aromatic rings. The Morgan fingerprint density at radius 2 is 2.03 bits per heavy atom. The van der Waals surface area contributed by atoms with Crippen LogP contribution in [0.2, 0.25) is 0 Å². The van der Waals surface area contributed by atoms with Crippen LogP contribution in [0.5, 0.6) is 5.75 Å². The third kappa shape index (κ3) is 5.59. The minimum Gasteiger partial charge on any atom is -0.502 e. The van der Waals surface area contributed by atoms with Crippen molar-refractivity contribution in [2.24, 2.45) is 0 Å². The average Bonchev–Trinajstić information content (AvgIpc) is 2.88. The van der Waals surface area contributed by atoms with E-state index in [-0.39, 0.29) is 31.0 Å². The van der Waals surface area contributed by atoms with Gasteiger partial charge in [-0.1, -0.05) is 12.1 Å². The van der Waals surface area contributed by atoms with Crippen LogP contribution >= 0.6 is 0 Å². The Kier molecular flexibility index (Phi) is 7.77. The van der Waals surface area contributed by atoms with Crippen molar-refractivity contribution < 1.29 is 28.2 Å². The maximum absolute atomic E-state index is 14.0. The van der Waals surface area contributed by atoms with Gasteiger partial charge >= 0.3 is 0 Å². The smallest absolute Gasteiger partial charge is 0.277 e. The molecule has 0 unspecified atom stereocenters. The van der Waals surface area contributed by atoms with Gasteiger partial charge in [0.1, 0.15) is 23.9 Å². The highest BCUT2D eigenvalue weighted by Gasteiger charge is 2.34. The molecule has 37 heavy (non-hydrogen) atoms. The van der Waals surface area contributed by atoms with E-state index in [9.17, 15) is 28.3 Å². The summed E-state index contributed by atoms with van der Waals surface area (Å²) >= 11 is 0. The number of carbonyl (C=O) groups excluding carboxylic acids is 2. The molecule has 1 aliphatic rings. The number of halogens is 2. The molecule has 0 saturated carbocycles. The molecule has 1 aromatic carbocycles. The molecule has 1 aliphatic heterocycles. The van der Waals surface area contributed by atoms with Crippen molar-refractivity contribution in [1.82, 2.24) is 19.9 Å². The van der Waals surface area contributed by atoms with Crippen molar-refractivity contribution >= 4 is 11.8 Å². The fourth-order valence-corrected chi connectivity index (χ4v) is 3.96. The predicted molar refractivity (Wildman–Crippen MR) is 128 cm³/mol. The van der Waals surface area contributed by atoms with Crippen LogP contribution in [0.15, 0.2) is 53.6 Å². The summed E-state index contributed by atoms with van der Waals surface area (Å²) in [5.74, 6) is -3.98. The number of amides is 2. The van der Waals surface area contributed by atoms with E-state index in [1.165, 1.54) is 21.8 Å². The Morgan fingerprint density at radius 3 is 2.73 bits per heavy atom. The van der Waals surface area contributed by atoms with Crippen LogP contribution in [0, 0.1) is 11.6 Å². The van der Waals surface area contributed by atoms with Crippen LogP contribution in [0.25, 0.3) is 0 Å². The summed E-state index contributed by atoms with van der Waals surface area (Å²) in [5.41, 5.74) is -1.12. The average molecular weight is 514 g/mol. The summed E-state index contributed by atoms with van der Waals surface area (Å²) in [6.07, 6.45) is 3.31. The number of nitrogens with zero attached hydrogens (tertiary/aromatic N) is 4. The zero-order valence-electron chi connectivity index (χ0n) is 20.0. The van der Waals surface area contributed by atoms with Crippen molar-refractivity contribution in [3.05, 3.63) is 93.2 Å². The van der Waals surface area contributed by atoms with Crippen molar-refractivity contribution in [3.8, 4) is 5.75 Å². The first-order valence-electron chi connectivity index (χ1n) is 11.4. The molecule has 0 spiro atoms. The fraction of sp³-hybridized carbons (Fsp3) is 0.280. The molecular weight excluding hydrogens is 488 g/mol. The first-order valence-corrected chi connectivity index (χ1v) is 11.4. The van der Waals surface area contributed by atoms with Gasteiger partial charge in [-0.2, -0.15) is 0 Å². The van der Waals surface area contributed by atoms with Gasteiger partial charge in [0, 0.05) is 50.8 Å². The molecule has 2 amide bonds. The molecule has 4 rings (SSSR count). The lowest BCUT2D eigenvalue weighted by atomic mass is 10.1. The summed E-state index contributed by atoms with van der Waals surface area (Å²) in [5, 5.41) is 14.8. The molecule has 12 heteroatoms. The molecule has 0 atom stereocenters. The van der Waals surface area contributed by atoms with E-state index < -0.39 is 40.2 Å². The number of pyridine rings is 2. The van der Waals surface area contributed by atoms with Crippen molar-refractivity contribution in [2.45, 2.75) is 19.5 Å². The second-order valence-electron chi connectivity index (χ2n) is 8.37. The third-order valence-electron chi connectivity index (χ3n) is 5.84. The van der Waals surface area contributed by atoms with E-state index in [0.717, 1.165) is 6.07 Å². The Labute approximate surface area is 210 Å². The molecule has 2 N–H and O–H groups in total. The standard InChI is InChI=1S/C25H25F2N5O5/c1-37-10-4-9-30-15-31(13-18-5-2-3-8-28-18)32-14-19(22(33)23(34)21(32)25(30)36)24(35)29-12-16-6-7-17(26)11-20(16)27/h2-3,5-8,11,14,34H,4,9-10,12-13,15H2,1H3,(H,29,35). The number of nitrogens with one attached hydrogen (secondary N) is 1. The number of aromatic nitrogens is 2. The van der Waals surface area contributed by atoms with Gasteiger partial charge in [0.25, 0.3) is 11.8 Å². The molecule has 0 aliphatic carbocycles. The van der Waals surface area contributed by atoms with E-state index in [1.54, 1.807) is 36.5 Å². The minimum atomic E-state index is -1.05. The molecule has 3 heterocycles. The number of benzene rings is 1. The number of rotatable bonds is 9. The van der Waals surface area contributed by atoms with Gasteiger partial charge < -0.3 is 20.1 Å². The fourth-order valence-electron chi connectivity index (χ4n) is 3.96. The molecular formula is C25H25F2N5O5. The van der Waals surface area contributed by atoms with Crippen LogP contribution in [-0.2, 0) is 17.8 Å². The molecule has 0 saturated heterocycles. The van der Waals surface area contributed by atoms with Gasteiger partial charge in [0.2, 0.25) is 5.43 Å². The first kappa shape index (κ1) is 25.8. The SMILES string of the molecule is COCCCN1CN(Cc2ccccn2)n2cc(C(=O)NCc3ccc(F)cc3F)c(=O)c(O)c2C1=O. The third-order valence-corrected chi connectivity index (χ3v) is 5.84. The maximum atomic E-state index is 14.0. The molecule has 0 radical (unpaired) electrons. The number of fused-ring (bicyclic) bond motifs is 1. The van der Waals surface area contributed by atoms with Crippen LogP contribution in [-0.4, -0.2) is 58.4 Å². The first-order chi connectivity index (χ1) is 17.8. The minimum absolute atomic E-state index is 0.00990. The summed E-state index contributed by atoms with van der Waals surface area (Å²) in [7, 11) is 1.54. The molecule has 194 valence electrons. The lowest BCUT2D eigenvalue weighted by Crippen LogP contribution is -2.54. The summed E-state index contributed by atoms with van der Waals surface area (Å²) in [6, 6.07) is 8.23. The van der Waals surface area contributed by atoms with Crippen molar-refractivity contribution in [3.63, 3.8) is 0 Å². The van der Waals surface area contributed by atoms with E-state index >= 15 is 0 Å². The Balaban J connectivity index is 1.67.